The van der Waals surface area contributed by atoms with Crippen molar-refractivity contribution in [2.45, 2.75) is 65.1 Å². The van der Waals surface area contributed by atoms with E-state index in [9.17, 15) is 4.79 Å². The maximum absolute atomic E-state index is 12.2. The number of hydrogen-bond donors (Lipinski definition) is 0. The summed E-state index contributed by atoms with van der Waals surface area (Å²) in [5.41, 5.74) is -0.574. The number of rotatable bonds is 2. The van der Waals surface area contributed by atoms with Gasteiger partial charge in [0.15, 0.2) is 5.78 Å². The van der Waals surface area contributed by atoms with Gasteiger partial charge >= 0.3 is 0 Å². The second kappa shape index (κ2) is 4.38. The van der Waals surface area contributed by atoms with Gasteiger partial charge < -0.3 is 4.43 Å². The van der Waals surface area contributed by atoms with Crippen molar-refractivity contribution >= 4 is 14.8 Å². The summed E-state index contributed by atoms with van der Waals surface area (Å²) in [5, 5.41) is 0. The van der Waals surface area contributed by atoms with Crippen LogP contribution >= 0.6 is 0 Å². The predicted octanol–water partition coefficient (Wildman–Crippen LogP) is 3.18. The molecule has 87 valence electrons. The quantitative estimate of drug-likeness (QED) is 0.677. The van der Waals surface area contributed by atoms with Crippen LogP contribution < -0.4 is 0 Å². The summed E-state index contributed by atoms with van der Waals surface area (Å²) in [5.74, 6) is 0.326. The van der Waals surface area contributed by atoms with Gasteiger partial charge in [0.05, 0.1) is 0 Å². The lowest BCUT2D eigenvalue weighted by molar-refractivity contribution is -0.150. The maximum atomic E-state index is 12.2. The Kier molecular flexibility index (Phi) is 3.77. The molecule has 0 aliphatic heterocycles. The fraction of sp³-hybridized carbons (Fsp3) is 0.917. The highest BCUT2D eigenvalue weighted by Gasteiger charge is 2.50. The number of ketones is 1. The summed E-state index contributed by atoms with van der Waals surface area (Å²) in [7, 11) is -0.827. The Morgan fingerprint density at radius 3 is 2.27 bits per heavy atom. The Morgan fingerprint density at radius 1 is 1.27 bits per heavy atom. The van der Waals surface area contributed by atoms with Gasteiger partial charge in [-0.3, -0.25) is 4.79 Å². The maximum Gasteiger partial charge on any atom is 0.206 e. The highest BCUT2D eigenvalue weighted by Crippen LogP contribution is 2.43. The lowest BCUT2D eigenvalue weighted by Gasteiger charge is -2.46. The first kappa shape index (κ1) is 12.9. The number of carbonyl (C=O) groups is 1. The summed E-state index contributed by atoms with van der Waals surface area (Å²) in [6, 6.07) is 0. The van der Waals surface area contributed by atoms with E-state index in [1.807, 2.05) is 0 Å². The molecule has 0 heterocycles. The Balaban J connectivity index is 2.99. The third-order valence-electron chi connectivity index (χ3n) is 3.22. The molecule has 1 saturated carbocycles. The van der Waals surface area contributed by atoms with E-state index in [4.69, 9.17) is 4.43 Å². The van der Waals surface area contributed by atoms with Crippen molar-refractivity contribution in [3.8, 4) is 0 Å². The molecular weight excluding hydrogens is 204 g/mol. The van der Waals surface area contributed by atoms with Gasteiger partial charge in [0, 0.05) is 6.42 Å². The first-order valence-electron chi connectivity index (χ1n) is 5.82. The summed E-state index contributed by atoms with van der Waals surface area (Å²) >= 11 is 0. The molecule has 0 N–H and O–H groups in total. The van der Waals surface area contributed by atoms with Crippen molar-refractivity contribution in [2.75, 3.05) is 0 Å². The summed E-state index contributed by atoms with van der Waals surface area (Å²) in [6.45, 7) is 10.6. The van der Waals surface area contributed by atoms with Crippen molar-refractivity contribution in [1.82, 2.24) is 0 Å². The molecule has 1 aliphatic carbocycles. The lowest BCUT2D eigenvalue weighted by Crippen LogP contribution is -2.55. The third kappa shape index (κ3) is 2.51. The van der Waals surface area contributed by atoms with Gasteiger partial charge in [-0.15, -0.1) is 0 Å². The minimum atomic E-state index is -0.827. The molecule has 1 atom stereocenters. The third-order valence-corrected chi connectivity index (χ3v) is 3.98. The topological polar surface area (TPSA) is 26.3 Å². The molecule has 0 spiro atoms. The molecule has 0 aromatic rings. The fourth-order valence-corrected chi connectivity index (χ4v) is 3.62. The molecule has 1 aliphatic rings. The van der Waals surface area contributed by atoms with E-state index >= 15 is 0 Å². The predicted molar refractivity (Wildman–Crippen MR) is 64.2 cm³/mol. The van der Waals surface area contributed by atoms with Crippen LogP contribution in [0.1, 0.15) is 46.5 Å². The van der Waals surface area contributed by atoms with Crippen LogP contribution in [0.2, 0.25) is 13.1 Å². The second-order valence-corrected chi connectivity index (χ2v) is 7.74. The van der Waals surface area contributed by atoms with Gasteiger partial charge in [-0.25, -0.2) is 0 Å². The largest absolute Gasteiger partial charge is 0.404 e. The molecule has 0 bridgehead atoms. The minimum absolute atomic E-state index is 0.0769. The Morgan fingerprint density at radius 2 is 1.87 bits per heavy atom. The van der Waals surface area contributed by atoms with E-state index in [-0.39, 0.29) is 5.41 Å². The van der Waals surface area contributed by atoms with Crippen molar-refractivity contribution < 1.29 is 9.22 Å². The molecule has 1 rings (SSSR count). The SMILES string of the molecule is C[Si](C)OC1(C(C)(C)C)CCCCC1=O. The summed E-state index contributed by atoms with van der Waals surface area (Å²) in [6.07, 6.45) is 3.77. The Bertz CT molecular complexity index is 242. The monoisotopic (exact) mass is 227 g/mol. The molecule has 1 unspecified atom stereocenters. The molecule has 0 aromatic carbocycles. The van der Waals surface area contributed by atoms with Crippen LogP contribution in [0, 0.1) is 5.41 Å². The smallest absolute Gasteiger partial charge is 0.206 e. The first-order valence-corrected chi connectivity index (χ1v) is 8.23. The van der Waals surface area contributed by atoms with Crippen LogP contribution in [0.5, 0.6) is 0 Å². The van der Waals surface area contributed by atoms with Gasteiger partial charge in [-0.1, -0.05) is 20.8 Å². The van der Waals surface area contributed by atoms with Crippen LogP contribution in [-0.4, -0.2) is 20.4 Å². The summed E-state index contributed by atoms with van der Waals surface area (Å²) < 4.78 is 6.11. The zero-order valence-corrected chi connectivity index (χ0v) is 11.6. The summed E-state index contributed by atoms with van der Waals surface area (Å²) in [4.78, 5) is 12.2. The molecule has 1 radical (unpaired) electrons. The van der Waals surface area contributed by atoms with Gasteiger partial charge in [-0.2, -0.15) is 0 Å². The van der Waals surface area contributed by atoms with E-state index in [2.05, 4.69) is 33.9 Å². The van der Waals surface area contributed by atoms with Crippen molar-refractivity contribution in [3.63, 3.8) is 0 Å². The molecule has 0 saturated heterocycles. The van der Waals surface area contributed by atoms with Crippen LogP contribution in [-0.2, 0) is 9.22 Å². The molecule has 0 aromatic heterocycles. The standard InChI is InChI=1S/C12H23O2Si/c1-11(2,3)12(14-15(4)5)9-7-6-8-10(12)13/h6-9H2,1-5H3. The molecule has 0 amide bonds. The molecule has 2 nitrogen and oxygen atoms in total. The zero-order valence-electron chi connectivity index (χ0n) is 10.6. The van der Waals surface area contributed by atoms with E-state index in [1.165, 1.54) is 0 Å². The van der Waals surface area contributed by atoms with Gasteiger partial charge in [-0.05, 0) is 37.8 Å². The van der Waals surface area contributed by atoms with Gasteiger partial charge in [0.25, 0.3) is 0 Å². The second-order valence-electron chi connectivity index (χ2n) is 5.72. The fourth-order valence-electron chi connectivity index (χ4n) is 2.40. The average molecular weight is 227 g/mol. The highest BCUT2D eigenvalue weighted by atomic mass is 28.3. The van der Waals surface area contributed by atoms with E-state index in [0.717, 1.165) is 19.3 Å². The lowest BCUT2D eigenvalue weighted by atomic mass is 9.67. The normalized spacial score (nSPS) is 28.5. The van der Waals surface area contributed by atoms with Crippen molar-refractivity contribution in [3.05, 3.63) is 0 Å². The molecule has 3 heteroatoms. The van der Waals surface area contributed by atoms with Crippen LogP contribution in [0.25, 0.3) is 0 Å². The van der Waals surface area contributed by atoms with Crippen molar-refractivity contribution in [1.29, 1.82) is 0 Å². The van der Waals surface area contributed by atoms with Crippen LogP contribution in [0.15, 0.2) is 0 Å². The molecular formula is C12H23O2Si. The molecule has 15 heavy (non-hydrogen) atoms. The molecule has 1 fully saturated rings. The van der Waals surface area contributed by atoms with Crippen LogP contribution in [0.3, 0.4) is 0 Å². The van der Waals surface area contributed by atoms with E-state index in [0.29, 0.717) is 12.2 Å². The van der Waals surface area contributed by atoms with Crippen molar-refractivity contribution in [2.24, 2.45) is 5.41 Å². The van der Waals surface area contributed by atoms with Crippen LogP contribution in [0.4, 0.5) is 0 Å². The number of carbonyl (C=O) groups excluding carboxylic acids is 1. The Hall–Kier alpha value is -0.153. The first-order chi connectivity index (χ1) is 6.79. The number of hydrogen-bond acceptors (Lipinski definition) is 2. The Labute approximate surface area is 95.1 Å². The number of Topliss-reactive ketones (excluding diaryl/α,β-unsaturated/α-hetero) is 1. The average Bonchev–Trinajstić information content (AvgIpc) is 2.06. The highest BCUT2D eigenvalue weighted by molar-refractivity contribution is 6.48. The van der Waals surface area contributed by atoms with E-state index < -0.39 is 14.6 Å². The zero-order chi connectivity index (χ0) is 11.7. The minimum Gasteiger partial charge on any atom is -0.404 e. The van der Waals surface area contributed by atoms with E-state index in [1.54, 1.807) is 0 Å². The van der Waals surface area contributed by atoms with Gasteiger partial charge in [0.2, 0.25) is 9.04 Å². The van der Waals surface area contributed by atoms with Gasteiger partial charge in [0.1, 0.15) is 5.60 Å².